The van der Waals surface area contributed by atoms with E-state index >= 15 is 0 Å². The molecule has 2 aliphatic carbocycles. The second-order valence-corrected chi connectivity index (χ2v) is 6.67. The van der Waals surface area contributed by atoms with Crippen molar-refractivity contribution in [3.8, 4) is 0 Å². The minimum Gasteiger partial charge on any atom is -0.367 e. The average Bonchev–Trinajstić information content (AvgIpc) is 3.06. The first-order valence-electron chi connectivity index (χ1n) is 6.86. The Hall–Kier alpha value is -0.830. The largest absolute Gasteiger partial charge is 0.367 e. The number of anilines is 1. The molecule has 2 aliphatic rings. The Morgan fingerprint density at radius 1 is 1.28 bits per heavy atom. The van der Waals surface area contributed by atoms with E-state index in [2.05, 4.69) is 29.1 Å². The molecule has 0 amide bonds. The van der Waals surface area contributed by atoms with Crippen molar-refractivity contribution >= 4 is 17.4 Å². The van der Waals surface area contributed by atoms with Gasteiger partial charge in [-0.05, 0) is 31.1 Å². The van der Waals surface area contributed by atoms with Crippen LogP contribution < -0.4 is 5.32 Å². The van der Waals surface area contributed by atoms with Crippen LogP contribution in [-0.4, -0.2) is 16.0 Å². The minimum atomic E-state index is 0.344. The molecule has 1 aromatic rings. The summed E-state index contributed by atoms with van der Waals surface area (Å²) in [5, 5.41) is 4.12. The Morgan fingerprint density at radius 2 is 2.06 bits per heavy atom. The average molecular weight is 266 g/mol. The zero-order valence-corrected chi connectivity index (χ0v) is 11.8. The van der Waals surface area contributed by atoms with Crippen molar-refractivity contribution in [2.75, 3.05) is 5.32 Å². The first kappa shape index (κ1) is 12.2. The summed E-state index contributed by atoms with van der Waals surface area (Å²) in [4.78, 5) is 8.94. The summed E-state index contributed by atoms with van der Waals surface area (Å²) >= 11 is 6.09. The van der Waals surface area contributed by atoms with Crippen LogP contribution in [0.3, 0.4) is 0 Å². The van der Waals surface area contributed by atoms with Crippen LogP contribution >= 0.6 is 11.6 Å². The molecule has 0 radical (unpaired) electrons. The number of nitrogens with zero attached hydrogens (tertiary/aromatic N) is 2. The van der Waals surface area contributed by atoms with E-state index in [0.29, 0.717) is 22.5 Å². The third-order valence-corrected chi connectivity index (χ3v) is 4.43. The van der Waals surface area contributed by atoms with Gasteiger partial charge in [-0.15, -0.1) is 0 Å². The quantitative estimate of drug-likeness (QED) is 0.840. The Bertz CT molecular complexity index is 454. The van der Waals surface area contributed by atoms with Crippen molar-refractivity contribution in [3.05, 3.63) is 17.0 Å². The first-order chi connectivity index (χ1) is 8.54. The lowest BCUT2D eigenvalue weighted by Gasteiger charge is -2.28. The first-order valence-corrected chi connectivity index (χ1v) is 7.23. The van der Waals surface area contributed by atoms with E-state index in [1.807, 2.05) is 6.07 Å². The molecular weight excluding hydrogens is 246 g/mol. The zero-order valence-electron chi connectivity index (χ0n) is 11.0. The van der Waals surface area contributed by atoms with Gasteiger partial charge in [-0.2, -0.15) is 0 Å². The van der Waals surface area contributed by atoms with E-state index in [0.717, 1.165) is 11.6 Å². The molecule has 3 rings (SSSR count). The highest BCUT2D eigenvalue weighted by molar-refractivity contribution is 6.29. The Balaban J connectivity index is 1.79. The summed E-state index contributed by atoms with van der Waals surface area (Å²) in [6, 6.07) is 2.34. The highest BCUT2D eigenvalue weighted by atomic mass is 35.5. The highest BCUT2D eigenvalue weighted by Crippen LogP contribution is 2.41. The van der Waals surface area contributed by atoms with Crippen molar-refractivity contribution in [2.45, 2.75) is 57.9 Å². The lowest BCUT2D eigenvalue weighted by Crippen LogP contribution is -2.31. The maximum atomic E-state index is 6.09. The second-order valence-electron chi connectivity index (χ2n) is 6.29. The zero-order chi connectivity index (χ0) is 12.8. The summed E-state index contributed by atoms with van der Waals surface area (Å²) in [5.41, 5.74) is 0.344. The molecule has 1 heterocycles. The Kier molecular flexibility index (Phi) is 2.97. The molecule has 0 saturated heterocycles. The molecule has 0 aliphatic heterocycles. The van der Waals surface area contributed by atoms with E-state index in [1.165, 1.54) is 32.1 Å². The summed E-state index contributed by atoms with van der Waals surface area (Å²) in [7, 11) is 0. The van der Waals surface area contributed by atoms with Crippen LogP contribution in [0.25, 0.3) is 0 Å². The van der Waals surface area contributed by atoms with Crippen LogP contribution in [0.15, 0.2) is 6.07 Å². The van der Waals surface area contributed by atoms with Crippen molar-refractivity contribution < 1.29 is 0 Å². The van der Waals surface area contributed by atoms with Gasteiger partial charge in [-0.3, -0.25) is 0 Å². The fourth-order valence-electron chi connectivity index (χ4n) is 2.81. The smallest absolute Gasteiger partial charge is 0.135 e. The van der Waals surface area contributed by atoms with Crippen LogP contribution in [-0.2, 0) is 0 Å². The summed E-state index contributed by atoms with van der Waals surface area (Å²) in [6.45, 7) is 4.64. The van der Waals surface area contributed by atoms with Gasteiger partial charge in [0.05, 0.1) is 0 Å². The van der Waals surface area contributed by atoms with Gasteiger partial charge in [-0.25, -0.2) is 9.97 Å². The van der Waals surface area contributed by atoms with Crippen LogP contribution in [0, 0.1) is 5.41 Å². The van der Waals surface area contributed by atoms with E-state index in [1.54, 1.807) is 0 Å². The van der Waals surface area contributed by atoms with Crippen molar-refractivity contribution in [3.63, 3.8) is 0 Å². The SMILES string of the molecule is CC1(C)CCCC1Nc1cc(Cl)nc(C2CC2)n1. The van der Waals surface area contributed by atoms with Crippen LogP contribution in [0.5, 0.6) is 0 Å². The highest BCUT2D eigenvalue weighted by Gasteiger charge is 2.35. The molecule has 2 saturated carbocycles. The van der Waals surface area contributed by atoms with Gasteiger partial charge in [0.15, 0.2) is 0 Å². The molecule has 1 N–H and O–H groups in total. The molecule has 1 atom stereocenters. The summed E-state index contributed by atoms with van der Waals surface area (Å²) in [6.07, 6.45) is 6.19. The molecule has 1 unspecified atom stereocenters. The van der Waals surface area contributed by atoms with Gasteiger partial charge < -0.3 is 5.32 Å². The Morgan fingerprint density at radius 3 is 2.67 bits per heavy atom. The monoisotopic (exact) mass is 265 g/mol. The maximum Gasteiger partial charge on any atom is 0.135 e. The number of rotatable bonds is 3. The van der Waals surface area contributed by atoms with E-state index in [4.69, 9.17) is 11.6 Å². The van der Waals surface area contributed by atoms with E-state index in [9.17, 15) is 0 Å². The van der Waals surface area contributed by atoms with Gasteiger partial charge >= 0.3 is 0 Å². The molecule has 18 heavy (non-hydrogen) atoms. The summed E-state index contributed by atoms with van der Waals surface area (Å²) in [5.74, 6) is 2.36. The van der Waals surface area contributed by atoms with Crippen molar-refractivity contribution in [1.82, 2.24) is 9.97 Å². The van der Waals surface area contributed by atoms with E-state index < -0.39 is 0 Å². The molecule has 2 fully saturated rings. The third-order valence-electron chi connectivity index (χ3n) is 4.23. The van der Waals surface area contributed by atoms with Gasteiger partial charge in [0.25, 0.3) is 0 Å². The van der Waals surface area contributed by atoms with Crippen molar-refractivity contribution in [2.24, 2.45) is 5.41 Å². The predicted octanol–water partition coefficient (Wildman–Crippen LogP) is 4.00. The molecule has 3 nitrogen and oxygen atoms in total. The maximum absolute atomic E-state index is 6.09. The van der Waals surface area contributed by atoms with Gasteiger partial charge in [0.1, 0.15) is 16.8 Å². The molecule has 0 bridgehead atoms. The number of nitrogens with one attached hydrogen (secondary N) is 1. The molecular formula is C14H20ClN3. The van der Waals surface area contributed by atoms with Gasteiger partial charge in [0, 0.05) is 18.0 Å². The van der Waals surface area contributed by atoms with Gasteiger partial charge in [0.2, 0.25) is 0 Å². The number of aromatic nitrogens is 2. The molecule has 0 spiro atoms. The summed E-state index contributed by atoms with van der Waals surface area (Å²) < 4.78 is 0. The fourth-order valence-corrected chi connectivity index (χ4v) is 3.00. The second kappa shape index (κ2) is 4.37. The lowest BCUT2D eigenvalue weighted by molar-refractivity contribution is 0.349. The normalized spacial score (nSPS) is 26.3. The minimum absolute atomic E-state index is 0.344. The third kappa shape index (κ3) is 2.46. The van der Waals surface area contributed by atoms with Gasteiger partial charge in [-0.1, -0.05) is 31.9 Å². The fraction of sp³-hybridized carbons (Fsp3) is 0.714. The van der Waals surface area contributed by atoms with Crippen LogP contribution in [0.1, 0.15) is 57.7 Å². The molecule has 1 aromatic heterocycles. The standard InChI is InChI=1S/C14H20ClN3/c1-14(2)7-3-4-10(14)16-12-8-11(15)17-13(18-12)9-5-6-9/h8-10H,3-7H2,1-2H3,(H,16,17,18). The number of hydrogen-bond acceptors (Lipinski definition) is 3. The molecule has 98 valence electrons. The number of halogens is 1. The van der Waals surface area contributed by atoms with Crippen LogP contribution in [0.4, 0.5) is 5.82 Å². The lowest BCUT2D eigenvalue weighted by atomic mass is 9.87. The predicted molar refractivity (Wildman–Crippen MR) is 74.1 cm³/mol. The van der Waals surface area contributed by atoms with Crippen molar-refractivity contribution in [1.29, 1.82) is 0 Å². The molecule has 4 heteroatoms. The number of hydrogen-bond donors (Lipinski definition) is 1. The molecule has 0 aromatic carbocycles. The topological polar surface area (TPSA) is 37.8 Å². The van der Waals surface area contributed by atoms with Crippen LogP contribution in [0.2, 0.25) is 5.15 Å². The van der Waals surface area contributed by atoms with E-state index in [-0.39, 0.29) is 0 Å². The Labute approximate surface area is 113 Å².